The minimum Gasteiger partial charge on any atom is -0.288 e. The first-order chi connectivity index (χ1) is 15.6. The van der Waals surface area contributed by atoms with Crippen molar-refractivity contribution >= 4 is 11.6 Å². The minimum absolute atomic E-state index is 0.269. The van der Waals surface area contributed by atoms with Crippen molar-refractivity contribution < 1.29 is 13.2 Å². The first kappa shape index (κ1) is 23.4. The van der Waals surface area contributed by atoms with Gasteiger partial charge in [0.1, 0.15) is 17.3 Å². The van der Waals surface area contributed by atoms with Crippen molar-refractivity contribution in [1.82, 2.24) is 4.90 Å². The second-order valence-electron chi connectivity index (χ2n) is 9.12. The number of likely N-dealkylation sites (tertiary alicyclic amines) is 1. The average molecular weight is 469 g/mol. The zero-order valence-electron chi connectivity index (χ0n) is 18.5. The van der Waals surface area contributed by atoms with E-state index in [2.05, 4.69) is 11.0 Å². The molecule has 2 nitrogen and oxygen atoms in total. The molecule has 0 aliphatic carbocycles. The van der Waals surface area contributed by atoms with Gasteiger partial charge in [0.25, 0.3) is 0 Å². The lowest BCUT2D eigenvalue weighted by molar-refractivity contribution is -0.0849. The van der Waals surface area contributed by atoms with Crippen molar-refractivity contribution in [2.75, 3.05) is 6.54 Å². The van der Waals surface area contributed by atoms with Crippen LogP contribution in [0.4, 0.5) is 13.2 Å². The number of hydrogen-bond donors (Lipinski definition) is 0. The molecule has 33 heavy (non-hydrogen) atoms. The summed E-state index contributed by atoms with van der Waals surface area (Å²) in [5.41, 5.74) is -0.105. The maximum atomic E-state index is 16.0. The third kappa shape index (κ3) is 4.51. The molecule has 0 aromatic heterocycles. The molecule has 0 saturated carbocycles. The molecule has 0 spiro atoms. The highest BCUT2D eigenvalue weighted by Crippen LogP contribution is 2.56. The summed E-state index contributed by atoms with van der Waals surface area (Å²) in [6.45, 7) is 4.03. The highest BCUT2D eigenvalue weighted by atomic mass is 35.5. The number of rotatable bonds is 6. The second kappa shape index (κ2) is 8.85. The van der Waals surface area contributed by atoms with E-state index in [0.29, 0.717) is 30.1 Å². The SMILES string of the molecule is CC(C)(F)[C@@H](c1cc(F)cc(F)c1)[C@]1(c2ccc(Cl)cc2)CCN1Cc1cccc(C#N)c1. The smallest absolute Gasteiger partial charge is 0.126 e. The highest BCUT2D eigenvalue weighted by molar-refractivity contribution is 6.30. The molecule has 0 radical (unpaired) electrons. The summed E-state index contributed by atoms with van der Waals surface area (Å²) in [6.07, 6.45) is 0.600. The van der Waals surface area contributed by atoms with E-state index in [4.69, 9.17) is 11.6 Å². The predicted molar refractivity (Wildman–Crippen MR) is 124 cm³/mol. The molecule has 1 aliphatic rings. The van der Waals surface area contributed by atoms with E-state index in [1.54, 1.807) is 18.2 Å². The van der Waals surface area contributed by atoms with E-state index in [1.807, 2.05) is 30.3 Å². The van der Waals surface area contributed by atoms with Crippen LogP contribution in [0.25, 0.3) is 0 Å². The monoisotopic (exact) mass is 468 g/mol. The molecule has 0 bridgehead atoms. The van der Waals surface area contributed by atoms with Gasteiger partial charge >= 0.3 is 0 Å². The van der Waals surface area contributed by atoms with E-state index in [1.165, 1.54) is 26.0 Å². The first-order valence-electron chi connectivity index (χ1n) is 10.8. The largest absolute Gasteiger partial charge is 0.288 e. The van der Waals surface area contributed by atoms with E-state index < -0.39 is 28.8 Å². The van der Waals surface area contributed by atoms with Gasteiger partial charge in [-0.25, -0.2) is 13.2 Å². The van der Waals surface area contributed by atoms with E-state index in [0.717, 1.165) is 17.2 Å². The molecule has 1 aliphatic heterocycles. The Kier molecular flexibility index (Phi) is 6.26. The number of halogens is 4. The Balaban J connectivity index is 1.88. The van der Waals surface area contributed by atoms with Gasteiger partial charge in [-0.05, 0) is 73.4 Å². The van der Waals surface area contributed by atoms with Gasteiger partial charge in [-0.3, -0.25) is 4.90 Å². The zero-order valence-corrected chi connectivity index (χ0v) is 19.2. The number of benzene rings is 3. The zero-order chi connectivity index (χ0) is 23.8. The second-order valence-corrected chi connectivity index (χ2v) is 9.55. The summed E-state index contributed by atoms with van der Waals surface area (Å²) in [4.78, 5) is 2.13. The number of alkyl halides is 1. The van der Waals surface area contributed by atoms with Crippen LogP contribution in [0, 0.1) is 23.0 Å². The van der Waals surface area contributed by atoms with Crippen LogP contribution in [0.15, 0.2) is 66.7 Å². The normalized spacial score (nSPS) is 19.5. The van der Waals surface area contributed by atoms with Crippen LogP contribution in [0.2, 0.25) is 5.02 Å². The van der Waals surface area contributed by atoms with Gasteiger partial charge in [-0.2, -0.15) is 5.26 Å². The summed E-state index contributed by atoms with van der Waals surface area (Å²) in [5, 5.41) is 9.82. The number of nitriles is 1. The molecular formula is C27H24ClF3N2. The molecule has 4 rings (SSSR count). The Morgan fingerprint density at radius 1 is 1.06 bits per heavy atom. The maximum absolute atomic E-state index is 16.0. The predicted octanol–water partition coefficient (Wildman–Crippen LogP) is 7.12. The Labute approximate surface area is 197 Å². The van der Waals surface area contributed by atoms with Gasteiger partial charge in [0.05, 0.1) is 17.2 Å². The molecule has 1 fully saturated rings. The molecule has 1 heterocycles. The Bertz CT molecular complexity index is 1180. The average Bonchev–Trinajstić information content (AvgIpc) is 2.74. The number of nitrogens with zero attached hydrogens (tertiary/aromatic N) is 2. The summed E-state index contributed by atoms with van der Waals surface area (Å²) in [6, 6.07) is 19.9. The topological polar surface area (TPSA) is 27.0 Å². The fourth-order valence-corrected chi connectivity index (χ4v) is 5.36. The third-order valence-corrected chi connectivity index (χ3v) is 6.73. The minimum atomic E-state index is -1.80. The molecule has 0 unspecified atom stereocenters. The van der Waals surface area contributed by atoms with Gasteiger partial charge < -0.3 is 0 Å². The Morgan fingerprint density at radius 2 is 1.73 bits per heavy atom. The van der Waals surface area contributed by atoms with Gasteiger partial charge in [-0.15, -0.1) is 0 Å². The summed E-state index contributed by atoms with van der Waals surface area (Å²) in [5.74, 6) is -2.33. The van der Waals surface area contributed by atoms with Crippen molar-refractivity contribution in [2.24, 2.45) is 0 Å². The Morgan fingerprint density at radius 3 is 2.27 bits per heavy atom. The quantitative estimate of drug-likeness (QED) is 0.385. The van der Waals surface area contributed by atoms with Gasteiger partial charge in [0, 0.05) is 30.1 Å². The summed E-state index contributed by atoms with van der Waals surface area (Å²) >= 11 is 6.13. The molecule has 6 heteroatoms. The molecule has 2 atom stereocenters. The van der Waals surface area contributed by atoms with Crippen LogP contribution in [-0.2, 0) is 12.1 Å². The number of hydrogen-bond acceptors (Lipinski definition) is 2. The van der Waals surface area contributed by atoms with E-state index in [-0.39, 0.29) is 5.56 Å². The fourth-order valence-electron chi connectivity index (χ4n) is 5.23. The van der Waals surface area contributed by atoms with Crippen molar-refractivity contribution in [3.63, 3.8) is 0 Å². The lowest BCUT2D eigenvalue weighted by Gasteiger charge is -2.59. The lowest BCUT2D eigenvalue weighted by atomic mass is 9.61. The van der Waals surface area contributed by atoms with Crippen molar-refractivity contribution in [3.8, 4) is 6.07 Å². The molecule has 0 amide bonds. The third-order valence-electron chi connectivity index (χ3n) is 6.48. The summed E-state index contributed by atoms with van der Waals surface area (Å²) < 4.78 is 44.5. The van der Waals surface area contributed by atoms with Crippen LogP contribution in [0.5, 0.6) is 0 Å². The molecular weight excluding hydrogens is 445 g/mol. The lowest BCUT2D eigenvalue weighted by Crippen LogP contribution is -2.63. The van der Waals surface area contributed by atoms with Crippen LogP contribution in [0.1, 0.15) is 48.4 Å². The van der Waals surface area contributed by atoms with E-state index in [9.17, 15) is 14.0 Å². The van der Waals surface area contributed by atoms with Crippen molar-refractivity contribution in [1.29, 1.82) is 5.26 Å². The van der Waals surface area contributed by atoms with Crippen molar-refractivity contribution in [3.05, 3.63) is 106 Å². The van der Waals surface area contributed by atoms with E-state index >= 15 is 4.39 Å². The van der Waals surface area contributed by atoms with Gasteiger partial charge in [0.15, 0.2) is 0 Å². The molecule has 1 saturated heterocycles. The molecule has 170 valence electrons. The molecule has 0 N–H and O–H groups in total. The van der Waals surface area contributed by atoms with Crippen LogP contribution in [-0.4, -0.2) is 17.1 Å². The molecule has 3 aromatic carbocycles. The van der Waals surface area contributed by atoms with Gasteiger partial charge in [-0.1, -0.05) is 35.9 Å². The maximum Gasteiger partial charge on any atom is 0.126 e. The van der Waals surface area contributed by atoms with Gasteiger partial charge in [0.2, 0.25) is 0 Å². The van der Waals surface area contributed by atoms with Crippen LogP contribution in [0.3, 0.4) is 0 Å². The summed E-state index contributed by atoms with van der Waals surface area (Å²) in [7, 11) is 0. The molecule has 3 aromatic rings. The standard InChI is InChI=1S/C27H24ClF3N2/c1-26(2,31)25(20-13-23(29)15-24(30)14-20)27(21-6-8-22(28)9-7-21)10-11-33(27)17-19-5-3-4-18(12-19)16-32/h3-9,12-15,25H,10-11,17H2,1-2H3/t25-,27-/m1/s1. The van der Waals surface area contributed by atoms with Crippen LogP contribution >= 0.6 is 11.6 Å². The van der Waals surface area contributed by atoms with Crippen molar-refractivity contribution in [2.45, 2.75) is 43.9 Å². The Hall–Kier alpha value is -2.81. The van der Waals surface area contributed by atoms with Crippen LogP contribution < -0.4 is 0 Å². The fraction of sp³-hybridized carbons (Fsp3) is 0.296. The first-order valence-corrected chi connectivity index (χ1v) is 11.2. The highest BCUT2D eigenvalue weighted by Gasteiger charge is 2.57.